The summed E-state index contributed by atoms with van der Waals surface area (Å²) in [5.74, 6) is -1.71. The molecule has 0 spiro atoms. The molecule has 8 nitrogen and oxygen atoms in total. The third-order valence-electron chi connectivity index (χ3n) is 4.04. The lowest BCUT2D eigenvalue weighted by molar-refractivity contribution is -0.0584. The number of ether oxygens (including phenoxy) is 3. The molecule has 0 amide bonds. The predicted octanol–water partition coefficient (Wildman–Crippen LogP) is 0.0496. The van der Waals surface area contributed by atoms with Gasteiger partial charge in [0.1, 0.15) is 19.1 Å². The summed E-state index contributed by atoms with van der Waals surface area (Å²) in [5.41, 5.74) is 0.427. The maximum atomic E-state index is 12.2. The Bertz CT molecular complexity index is 563. The van der Waals surface area contributed by atoms with Crippen LogP contribution in [0.15, 0.2) is 24.3 Å². The van der Waals surface area contributed by atoms with E-state index in [1.807, 2.05) is 0 Å². The summed E-state index contributed by atoms with van der Waals surface area (Å²) in [7, 11) is 0. The number of carboxylic acid groups (broad SMARTS) is 1. The average Bonchev–Trinajstić information content (AvgIpc) is 3.29. The Morgan fingerprint density at radius 2 is 1.62 bits per heavy atom. The Labute approximate surface area is 139 Å². The maximum absolute atomic E-state index is 12.2. The van der Waals surface area contributed by atoms with Gasteiger partial charge in [0.15, 0.2) is 0 Å². The van der Waals surface area contributed by atoms with Gasteiger partial charge in [-0.15, -0.1) is 0 Å². The van der Waals surface area contributed by atoms with Crippen molar-refractivity contribution in [1.82, 2.24) is 10.6 Å². The number of aromatic carboxylic acids is 1. The van der Waals surface area contributed by atoms with Gasteiger partial charge in [-0.3, -0.25) is 10.6 Å². The zero-order chi connectivity index (χ0) is 16.9. The van der Waals surface area contributed by atoms with Crippen molar-refractivity contribution in [2.24, 2.45) is 5.92 Å². The van der Waals surface area contributed by atoms with Crippen molar-refractivity contribution in [1.29, 1.82) is 0 Å². The fourth-order valence-electron chi connectivity index (χ4n) is 2.78. The van der Waals surface area contributed by atoms with E-state index in [0.29, 0.717) is 18.8 Å². The Morgan fingerprint density at radius 3 is 2.08 bits per heavy atom. The zero-order valence-corrected chi connectivity index (χ0v) is 13.1. The number of hydrogen-bond acceptors (Lipinski definition) is 7. The molecule has 130 valence electrons. The summed E-state index contributed by atoms with van der Waals surface area (Å²) in [6.07, 6.45) is -0.467. The van der Waals surface area contributed by atoms with Gasteiger partial charge in [0.05, 0.1) is 30.3 Å². The molecule has 0 saturated carbocycles. The van der Waals surface area contributed by atoms with Crippen molar-refractivity contribution >= 4 is 11.9 Å². The van der Waals surface area contributed by atoms with E-state index in [4.69, 9.17) is 19.3 Å². The summed E-state index contributed by atoms with van der Waals surface area (Å²) in [6.45, 7) is 2.85. The van der Waals surface area contributed by atoms with Crippen LogP contribution in [-0.2, 0) is 14.2 Å². The van der Waals surface area contributed by atoms with E-state index in [1.165, 1.54) is 24.3 Å². The number of benzene rings is 1. The Hall–Kier alpha value is -2.00. The minimum absolute atomic E-state index is 0.122. The molecular formula is C16H20N2O6. The molecule has 2 fully saturated rings. The highest BCUT2D eigenvalue weighted by Gasteiger charge is 2.36. The molecule has 0 bridgehead atoms. The van der Waals surface area contributed by atoms with E-state index >= 15 is 0 Å². The SMILES string of the molecule is O=C(O)c1ccc(C(=O)OCC(C2NCCO2)C2NCCO2)cc1. The molecule has 2 aliphatic rings. The summed E-state index contributed by atoms with van der Waals surface area (Å²) in [6, 6.07) is 5.63. The molecule has 0 aromatic heterocycles. The first kappa shape index (κ1) is 16.8. The second-order valence-corrected chi connectivity index (χ2v) is 5.64. The van der Waals surface area contributed by atoms with E-state index in [2.05, 4.69) is 10.6 Å². The normalized spacial score (nSPS) is 24.7. The number of carbonyl (C=O) groups is 2. The van der Waals surface area contributed by atoms with Crippen molar-refractivity contribution in [3.63, 3.8) is 0 Å². The molecule has 3 N–H and O–H groups in total. The van der Waals surface area contributed by atoms with Gasteiger partial charge >= 0.3 is 11.9 Å². The monoisotopic (exact) mass is 336 g/mol. The number of esters is 1. The second-order valence-electron chi connectivity index (χ2n) is 5.64. The van der Waals surface area contributed by atoms with Crippen LogP contribution < -0.4 is 10.6 Å². The van der Waals surface area contributed by atoms with Gasteiger partial charge < -0.3 is 19.3 Å². The topological polar surface area (TPSA) is 106 Å². The predicted molar refractivity (Wildman–Crippen MR) is 82.7 cm³/mol. The molecule has 2 aliphatic heterocycles. The number of carboxylic acids is 1. The van der Waals surface area contributed by atoms with Crippen LogP contribution in [0.3, 0.4) is 0 Å². The zero-order valence-electron chi connectivity index (χ0n) is 13.1. The third kappa shape index (κ3) is 3.90. The van der Waals surface area contributed by atoms with E-state index in [0.717, 1.165) is 13.1 Å². The van der Waals surface area contributed by atoms with Gasteiger partial charge in [-0.2, -0.15) is 0 Å². The van der Waals surface area contributed by atoms with E-state index in [-0.39, 0.29) is 30.5 Å². The molecule has 8 heteroatoms. The quantitative estimate of drug-likeness (QED) is 0.626. The first-order valence-corrected chi connectivity index (χ1v) is 7.85. The van der Waals surface area contributed by atoms with Gasteiger partial charge in [-0.1, -0.05) is 0 Å². The van der Waals surface area contributed by atoms with Crippen LogP contribution in [0.25, 0.3) is 0 Å². The number of nitrogens with one attached hydrogen (secondary N) is 2. The minimum Gasteiger partial charge on any atom is -0.478 e. The van der Waals surface area contributed by atoms with E-state index in [1.54, 1.807) is 0 Å². The molecule has 2 saturated heterocycles. The van der Waals surface area contributed by atoms with Crippen LogP contribution in [-0.4, -0.2) is 62.4 Å². The Kier molecular flexibility index (Phi) is 5.41. The highest BCUT2D eigenvalue weighted by Crippen LogP contribution is 2.19. The summed E-state index contributed by atoms with van der Waals surface area (Å²) >= 11 is 0. The first-order valence-electron chi connectivity index (χ1n) is 7.85. The highest BCUT2D eigenvalue weighted by atomic mass is 16.6. The van der Waals surface area contributed by atoms with Crippen molar-refractivity contribution in [2.45, 2.75) is 12.5 Å². The Morgan fingerprint density at radius 1 is 1.08 bits per heavy atom. The summed E-state index contributed by atoms with van der Waals surface area (Å²) < 4.78 is 16.6. The van der Waals surface area contributed by atoms with E-state index < -0.39 is 11.9 Å². The smallest absolute Gasteiger partial charge is 0.338 e. The third-order valence-corrected chi connectivity index (χ3v) is 4.04. The molecule has 2 atom stereocenters. The van der Waals surface area contributed by atoms with Gasteiger partial charge in [0.25, 0.3) is 0 Å². The van der Waals surface area contributed by atoms with Crippen LogP contribution in [0.2, 0.25) is 0 Å². The van der Waals surface area contributed by atoms with Crippen LogP contribution in [0.1, 0.15) is 20.7 Å². The van der Waals surface area contributed by atoms with Crippen LogP contribution in [0, 0.1) is 5.92 Å². The Balaban J connectivity index is 1.60. The molecule has 1 aromatic rings. The van der Waals surface area contributed by atoms with Crippen LogP contribution >= 0.6 is 0 Å². The number of hydrogen-bond donors (Lipinski definition) is 3. The lowest BCUT2D eigenvalue weighted by Crippen LogP contribution is -2.46. The molecule has 24 heavy (non-hydrogen) atoms. The summed E-state index contributed by atoms with van der Waals surface area (Å²) in [5, 5.41) is 15.3. The van der Waals surface area contributed by atoms with Crippen molar-refractivity contribution in [3.8, 4) is 0 Å². The number of carbonyl (C=O) groups excluding carboxylic acids is 1. The fourth-order valence-corrected chi connectivity index (χ4v) is 2.78. The lowest BCUT2D eigenvalue weighted by atomic mass is 10.1. The van der Waals surface area contributed by atoms with Crippen molar-refractivity contribution in [3.05, 3.63) is 35.4 Å². The molecule has 0 radical (unpaired) electrons. The molecule has 1 aromatic carbocycles. The molecular weight excluding hydrogens is 316 g/mol. The van der Waals surface area contributed by atoms with Gasteiger partial charge in [0.2, 0.25) is 0 Å². The van der Waals surface area contributed by atoms with Gasteiger partial charge in [-0.25, -0.2) is 9.59 Å². The van der Waals surface area contributed by atoms with Crippen LogP contribution in [0.5, 0.6) is 0 Å². The van der Waals surface area contributed by atoms with Crippen molar-refractivity contribution in [2.75, 3.05) is 32.9 Å². The molecule has 2 unspecified atom stereocenters. The van der Waals surface area contributed by atoms with Crippen LogP contribution in [0.4, 0.5) is 0 Å². The largest absolute Gasteiger partial charge is 0.478 e. The molecule has 0 aliphatic carbocycles. The van der Waals surface area contributed by atoms with Gasteiger partial charge in [-0.05, 0) is 24.3 Å². The summed E-state index contributed by atoms with van der Waals surface area (Å²) in [4.78, 5) is 23.0. The lowest BCUT2D eigenvalue weighted by Gasteiger charge is -2.27. The fraction of sp³-hybridized carbons (Fsp3) is 0.500. The first-order chi connectivity index (χ1) is 11.6. The standard InChI is InChI=1S/C16H20N2O6/c19-15(20)10-1-3-11(4-2-10)16(21)24-9-12(13-17-5-7-22-13)14-18-6-8-23-14/h1-4,12-14,17-18H,5-9H2,(H,19,20). The molecule has 2 heterocycles. The van der Waals surface area contributed by atoms with Crippen molar-refractivity contribution < 1.29 is 28.9 Å². The molecule has 3 rings (SSSR count). The van der Waals surface area contributed by atoms with E-state index in [9.17, 15) is 9.59 Å². The number of rotatable bonds is 6. The van der Waals surface area contributed by atoms with Gasteiger partial charge in [0, 0.05) is 13.1 Å². The average molecular weight is 336 g/mol. The second kappa shape index (κ2) is 7.71. The maximum Gasteiger partial charge on any atom is 0.338 e. The minimum atomic E-state index is -1.04. The highest BCUT2D eigenvalue weighted by molar-refractivity contribution is 5.92.